The maximum Gasteiger partial charge on any atom is 0.317 e. The molecule has 1 aromatic carbocycles. The van der Waals surface area contributed by atoms with Crippen LogP contribution in [0, 0.1) is 17.7 Å². The molecule has 37 heavy (non-hydrogen) atoms. The molecule has 1 aromatic rings. The van der Waals surface area contributed by atoms with Gasteiger partial charge in [0.2, 0.25) is 5.92 Å². The van der Waals surface area contributed by atoms with E-state index in [0.717, 1.165) is 0 Å². The molecule has 6 nitrogen and oxygen atoms in total. The summed E-state index contributed by atoms with van der Waals surface area (Å²) < 4.78 is 47.0. The highest BCUT2D eigenvalue weighted by Crippen LogP contribution is 2.42. The molecule has 1 saturated heterocycles. The molecule has 3 atom stereocenters. The monoisotopic (exact) mass is 547 g/mol. The molecule has 4 N–H and O–H groups in total. The number of rotatable bonds is 11. The standard InChI is InChI=1S/C27H41ClF3N3O3/c1-37-15-3-2-11-27(36,22-7-4-8-23(28)24(22)29)20-6-5-14-34(18-20)25(35)33-17-21(32)16-19-9-12-26(30,31)13-10-19/h4,7-8,19-21,36H,2-3,5-6,9-18,32H2,1H3,(H,33,35)/t20-,21+,27+/m1/s1. The van der Waals surface area contributed by atoms with Crippen LogP contribution in [0.25, 0.3) is 0 Å². The summed E-state index contributed by atoms with van der Waals surface area (Å²) in [6, 6.07) is 4.04. The van der Waals surface area contributed by atoms with Crippen molar-refractivity contribution >= 4 is 17.6 Å². The number of nitrogens with two attached hydrogens (primary N) is 1. The molecule has 210 valence electrons. The number of ether oxygens (including phenoxy) is 1. The number of carbonyl (C=O) groups is 1. The first-order chi connectivity index (χ1) is 17.6. The summed E-state index contributed by atoms with van der Waals surface area (Å²) in [6.07, 6.45) is 4.26. The largest absolute Gasteiger partial charge is 0.385 e. The average Bonchev–Trinajstić information content (AvgIpc) is 2.88. The molecule has 2 amide bonds. The topological polar surface area (TPSA) is 87.8 Å². The van der Waals surface area contributed by atoms with Gasteiger partial charge in [-0.2, -0.15) is 0 Å². The van der Waals surface area contributed by atoms with E-state index in [1.807, 2.05) is 0 Å². The Labute approximate surface area is 223 Å². The third kappa shape index (κ3) is 8.22. The van der Waals surface area contributed by atoms with E-state index < -0.39 is 17.3 Å². The number of halogens is 4. The van der Waals surface area contributed by atoms with Gasteiger partial charge < -0.3 is 25.8 Å². The molecule has 0 bridgehead atoms. The predicted molar refractivity (Wildman–Crippen MR) is 138 cm³/mol. The lowest BCUT2D eigenvalue weighted by Gasteiger charge is -2.43. The second-order valence-electron chi connectivity index (χ2n) is 10.7. The van der Waals surface area contributed by atoms with E-state index in [4.69, 9.17) is 22.1 Å². The number of aliphatic hydroxyl groups is 1. The summed E-state index contributed by atoms with van der Waals surface area (Å²) in [7, 11) is 1.61. The molecule has 0 spiro atoms. The van der Waals surface area contributed by atoms with Gasteiger partial charge in [-0.3, -0.25) is 0 Å². The molecule has 2 aliphatic rings. The summed E-state index contributed by atoms with van der Waals surface area (Å²) in [6.45, 7) is 1.58. The van der Waals surface area contributed by atoms with E-state index in [9.17, 15) is 18.7 Å². The molecule has 2 fully saturated rings. The Kier molecular flexibility index (Phi) is 10.9. The van der Waals surface area contributed by atoms with Crippen molar-refractivity contribution < 1.29 is 27.8 Å². The van der Waals surface area contributed by atoms with Crippen LogP contribution < -0.4 is 11.1 Å². The molecular formula is C27H41ClF3N3O3. The summed E-state index contributed by atoms with van der Waals surface area (Å²) in [5, 5.41) is 14.7. The van der Waals surface area contributed by atoms with Crippen LogP contribution in [0.3, 0.4) is 0 Å². The normalized spacial score (nSPS) is 22.9. The molecule has 1 aliphatic carbocycles. The van der Waals surface area contributed by atoms with Crippen molar-refractivity contribution in [1.29, 1.82) is 0 Å². The fraction of sp³-hybridized carbons (Fsp3) is 0.741. The lowest BCUT2D eigenvalue weighted by molar-refractivity contribution is -0.0586. The van der Waals surface area contributed by atoms with Crippen molar-refractivity contribution in [3.63, 3.8) is 0 Å². The van der Waals surface area contributed by atoms with Crippen LogP contribution in [0.4, 0.5) is 18.0 Å². The average molecular weight is 548 g/mol. The fourth-order valence-electron chi connectivity index (χ4n) is 5.77. The number of likely N-dealkylation sites (tertiary alicyclic amines) is 1. The highest BCUT2D eigenvalue weighted by atomic mass is 35.5. The van der Waals surface area contributed by atoms with Crippen molar-refractivity contribution in [1.82, 2.24) is 10.2 Å². The van der Waals surface area contributed by atoms with Gasteiger partial charge in [0.25, 0.3) is 0 Å². The highest BCUT2D eigenvalue weighted by Gasteiger charge is 2.43. The van der Waals surface area contributed by atoms with Gasteiger partial charge in [0.1, 0.15) is 5.82 Å². The number of alkyl halides is 2. The number of amides is 2. The predicted octanol–water partition coefficient (Wildman–Crippen LogP) is 5.45. The Morgan fingerprint density at radius 2 is 2.05 bits per heavy atom. The number of nitrogens with zero attached hydrogens (tertiary/aromatic N) is 1. The highest BCUT2D eigenvalue weighted by molar-refractivity contribution is 6.30. The van der Waals surface area contributed by atoms with Crippen LogP contribution in [0.15, 0.2) is 18.2 Å². The maximum atomic E-state index is 15.1. The van der Waals surface area contributed by atoms with Gasteiger partial charge in [-0.1, -0.05) is 23.7 Å². The van der Waals surface area contributed by atoms with Gasteiger partial charge in [0.05, 0.1) is 10.6 Å². The molecule has 1 heterocycles. The van der Waals surface area contributed by atoms with E-state index in [1.54, 1.807) is 24.1 Å². The minimum absolute atomic E-state index is 0.0473. The minimum Gasteiger partial charge on any atom is -0.385 e. The number of unbranched alkanes of at least 4 members (excludes halogenated alkanes) is 1. The van der Waals surface area contributed by atoms with Crippen LogP contribution in [0.5, 0.6) is 0 Å². The zero-order valence-electron chi connectivity index (χ0n) is 21.7. The summed E-state index contributed by atoms with van der Waals surface area (Å²) in [5.41, 5.74) is 4.88. The molecule has 1 aliphatic heterocycles. The Morgan fingerprint density at radius 3 is 2.76 bits per heavy atom. The Hall–Kier alpha value is -1.55. The summed E-state index contributed by atoms with van der Waals surface area (Å²) >= 11 is 6.05. The van der Waals surface area contributed by atoms with E-state index >= 15 is 4.39 Å². The van der Waals surface area contributed by atoms with E-state index in [-0.39, 0.29) is 60.4 Å². The van der Waals surface area contributed by atoms with Crippen molar-refractivity contribution in [2.45, 2.75) is 81.8 Å². The van der Waals surface area contributed by atoms with Crippen LogP contribution in [-0.4, -0.2) is 61.4 Å². The van der Waals surface area contributed by atoms with Gasteiger partial charge in [-0.15, -0.1) is 0 Å². The summed E-state index contributed by atoms with van der Waals surface area (Å²) in [5.74, 6) is -3.43. The van der Waals surface area contributed by atoms with E-state index in [1.165, 1.54) is 6.07 Å². The number of hydrogen-bond donors (Lipinski definition) is 3. The van der Waals surface area contributed by atoms with E-state index in [2.05, 4.69) is 5.32 Å². The zero-order valence-corrected chi connectivity index (χ0v) is 22.4. The SMILES string of the molecule is COCCCC[C@@](O)(c1cccc(Cl)c1F)[C@@H]1CCCN(C(=O)NC[C@@H](N)CC2CCC(F)(F)CC2)C1. The van der Waals surface area contributed by atoms with Crippen molar-refractivity contribution in [3.8, 4) is 0 Å². The maximum absolute atomic E-state index is 15.1. The van der Waals surface area contributed by atoms with E-state index in [0.29, 0.717) is 64.5 Å². The minimum atomic E-state index is -2.57. The Balaban J connectivity index is 1.60. The van der Waals surface area contributed by atoms with Gasteiger partial charge in [-0.25, -0.2) is 18.0 Å². The summed E-state index contributed by atoms with van der Waals surface area (Å²) in [4.78, 5) is 14.6. The fourth-order valence-corrected chi connectivity index (χ4v) is 5.94. The molecule has 10 heteroatoms. The van der Waals surface area contributed by atoms with Crippen LogP contribution in [-0.2, 0) is 10.3 Å². The number of benzene rings is 1. The lowest BCUT2D eigenvalue weighted by Crippen LogP contribution is -2.52. The number of carbonyl (C=O) groups excluding carboxylic acids is 1. The number of urea groups is 1. The molecule has 0 unspecified atom stereocenters. The molecule has 0 radical (unpaired) electrons. The number of nitrogens with one attached hydrogen (secondary N) is 1. The Morgan fingerprint density at radius 1 is 1.32 bits per heavy atom. The first kappa shape index (κ1) is 30.0. The van der Waals surface area contributed by atoms with Gasteiger partial charge in [-0.05, 0) is 63.4 Å². The van der Waals surface area contributed by atoms with Crippen molar-refractivity contribution in [2.24, 2.45) is 17.6 Å². The van der Waals surface area contributed by atoms with Crippen LogP contribution >= 0.6 is 11.6 Å². The lowest BCUT2D eigenvalue weighted by atomic mass is 9.74. The second kappa shape index (κ2) is 13.5. The Bertz CT molecular complexity index is 884. The molecule has 1 saturated carbocycles. The van der Waals surface area contributed by atoms with Crippen LogP contribution in [0.1, 0.15) is 69.8 Å². The molecule has 3 rings (SSSR count). The van der Waals surface area contributed by atoms with Crippen molar-refractivity contribution in [3.05, 3.63) is 34.6 Å². The van der Waals surface area contributed by atoms with Gasteiger partial charge in [0, 0.05) is 63.7 Å². The number of piperidine rings is 1. The quantitative estimate of drug-likeness (QED) is 0.322. The zero-order chi connectivity index (χ0) is 27.1. The second-order valence-corrected chi connectivity index (χ2v) is 11.1. The first-order valence-electron chi connectivity index (χ1n) is 13.4. The number of hydrogen-bond acceptors (Lipinski definition) is 4. The number of methoxy groups -OCH3 is 1. The van der Waals surface area contributed by atoms with Gasteiger partial charge >= 0.3 is 6.03 Å². The van der Waals surface area contributed by atoms with Crippen LogP contribution in [0.2, 0.25) is 5.02 Å². The third-order valence-corrected chi connectivity index (χ3v) is 8.24. The van der Waals surface area contributed by atoms with Crippen molar-refractivity contribution in [2.75, 3.05) is 33.4 Å². The third-order valence-electron chi connectivity index (χ3n) is 7.95. The van der Waals surface area contributed by atoms with Gasteiger partial charge in [0.15, 0.2) is 0 Å². The smallest absolute Gasteiger partial charge is 0.317 e. The molecular weight excluding hydrogens is 507 g/mol. The molecule has 0 aromatic heterocycles. The first-order valence-corrected chi connectivity index (χ1v) is 13.8.